The third kappa shape index (κ3) is 5.18. The Hall–Kier alpha value is -0.690. The molecule has 0 aromatic rings. The number of nitrogens with zero attached hydrogens (tertiary/aromatic N) is 3. The fourth-order valence-corrected chi connectivity index (χ4v) is 4.65. The van der Waals surface area contributed by atoms with Gasteiger partial charge in [-0.05, 0) is 65.5 Å². The van der Waals surface area contributed by atoms with Crippen molar-refractivity contribution in [2.45, 2.75) is 57.9 Å². The molecule has 3 aliphatic rings. The maximum atomic E-state index is 11.9. The minimum atomic E-state index is -0.0173. The van der Waals surface area contributed by atoms with Gasteiger partial charge in [0.15, 0.2) is 6.35 Å². The smallest absolute Gasteiger partial charge is 0.308 e. The summed E-state index contributed by atoms with van der Waals surface area (Å²) in [4.78, 5) is 19.3. The van der Waals surface area contributed by atoms with Crippen LogP contribution < -0.4 is 0 Å². The lowest BCUT2D eigenvalue weighted by Gasteiger charge is -2.48. The molecule has 0 spiro atoms. The Bertz CT molecular complexity index is 440. The van der Waals surface area contributed by atoms with Gasteiger partial charge in [-0.1, -0.05) is 0 Å². The van der Waals surface area contributed by atoms with Crippen molar-refractivity contribution in [3.05, 3.63) is 0 Å². The van der Waals surface area contributed by atoms with Crippen molar-refractivity contribution in [1.82, 2.24) is 14.7 Å². The summed E-state index contributed by atoms with van der Waals surface area (Å²) in [7, 11) is 4.30. The Morgan fingerprint density at radius 2 is 1.73 bits per heavy atom. The first-order chi connectivity index (χ1) is 12.6. The molecule has 1 atom stereocenters. The van der Waals surface area contributed by atoms with Gasteiger partial charge >= 0.3 is 5.97 Å². The van der Waals surface area contributed by atoms with Crippen LogP contribution in [-0.2, 0) is 14.3 Å². The molecule has 150 valence electrons. The van der Waals surface area contributed by atoms with E-state index in [0.29, 0.717) is 6.61 Å². The van der Waals surface area contributed by atoms with Crippen LogP contribution in [0.15, 0.2) is 0 Å². The quantitative estimate of drug-likeness (QED) is 0.612. The number of rotatable bonds is 8. The normalized spacial score (nSPS) is 29.7. The van der Waals surface area contributed by atoms with Gasteiger partial charge in [-0.3, -0.25) is 14.6 Å². The van der Waals surface area contributed by atoms with Crippen LogP contribution in [0.1, 0.15) is 45.4 Å². The van der Waals surface area contributed by atoms with Gasteiger partial charge in [-0.15, -0.1) is 0 Å². The van der Waals surface area contributed by atoms with Crippen LogP contribution >= 0.6 is 0 Å². The second kappa shape index (κ2) is 9.49. The summed E-state index contributed by atoms with van der Waals surface area (Å²) < 4.78 is 11.8. The Balaban J connectivity index is 1.49. The third-order valence-electron chi connectivity index (χ3n) is 5.98. The van der Waals surface area contributed by atoms with E-state index in [-0.39, 0.29) is 24.3 Å². The molecule has 6 heteroatoms. The number of hydrogen-bond acceptors (Lipinski definition) is 6. The van der Waals surface area contributed by atoms with Crippen LogP contribution in [0, 0.1) is 11.8 Å². The molecule has 6 nitrogen and oxygen atoms in total. The number of likely N-dealkylation sites (tertiary alicyclic amines) is 2. The second-order valence-corrected chi connectivity index (χ2v) is 8.51. The van der Waals surface area contributed by atoms with E-state index in [2.05, 4.69) is 28.8 Å². The number of carbonyl (C=O) groups excluding carboxylic acids is 1. The van der Waals surface area contributed by atoms with Gasteiger partial charge < -0.3 is 14.4 Å². The summed E-state index contributed by atoms with van der Waals surface area (Å²) >= 11 is 0. The summed E-state index contributed by atoms with van der Waals surface area (Å²) in [6.45, 7) is 8.09. The van der Waals surface area contributed by atoms with E-state index < -0.39 is 0 Å². The predicted molar refractivity (Wildman–Crippen MR) is 102 cm³/mol. The molecule has 1 saturated carbocycles. The zero-order valence-corrected chi connectivity index (χ0v) is 16.9. The maximum absolute atomic E-state index is 11.9. The highest BCUT2D eigenvalue weighted by atomic mass is 16.5. The molecule has 26 heavy (non-hydrogen) atoms. The highest BCUT2D eigenvalue weighted by Crippen LogP contribution is 2.31. The lowest BCUT2D eigenvalue weighted by Crippen LogP contribution is -2.61. The zero-order chi connectivity index (χ0) is 18.5. The summed E-state index contributed by atoms with van der Waals surface area (Å²) in [5.41, 5.74) is 0. The molecular weight excluding hydrogens is 330 g/mol. The van der Waals surface area contributed by atoms with Crippen LogP contribution in [0.3, 0.4) is 0 Å². The third-order valence-corrected chi connectivity index (χ3v) is 5.98. The topological polar surface area (TPSA) is 45.3 Å². The largest absolute Gasteiger partial charge is 0.466 e. The molecule has 2 heterocycles. The van der Waals surface area contributed by atoms with Gasteiger partial charge in [0, 0.05) is 32.7 Å². The Morgan fingerprint density at radius 3 is 2.31 bits per heavy atom. The molecule has 0 aromatic heterocycles. The molecule has 2 aliphatic heterocycles. The molecule has 0 amide bonds. The fraction of sp³-hybridized carbons (Fsp3) is 0.950. The minimum absolute atomic E-state index is 0.0173. The SMILES string of the molecule is CCOC(=O)[C@H]1CC[C@H](OC(N2CCCC2)N2CC(CN(C)C)C2)CC1. The van der Waals surface area contributed by atoms with E-state index in [0.717, 1.165) is 64.3 Å². The van der Waals surface area contributed by atoms with Crippen molar-refractivity contribution in [3.8, 4) is 0 Å². The van der Waals surface area contributed by atoms with Gasteiger partial charge in [0.05, 0.1) is 18.6 Å². The molecule has 0 N–H and O–H groups in total. The van der Waals surface area contributed by atoms with Crippen molar-refractivity contribution in [2.24, 2.45) is 11.8 Å². The zero-order valence-electron chi connectivity index (χ0n) is 16.9. The molecule has 3 rings (SSSR count). The lowest BCUT2D eigenvalue weighted by molar-refractivity contribution is -0.211. The molecule has 2 saturated heterocycles. The van der Waals surface area contributed by atoms with Crippen LogP contribution in [0.4, 0.5) is 0 Å². The standard InChI is InChI=1S/C20H37N3O3/c1-4-25-19(24)17-7-9-18(10-8-17)26-20(22-11-5-6-12-22)23-14-16(15-23)13-21(2)3/h16-18,20H,4-15H2,1-3H3/t17-,18-,20?. The summed E-state index contributed by atoms with van der Waals surface area (Å²) in [5, 5.41) is 0. The molecule has 3 fully saturated rings. The molecule has 0 aromatic carbocycles. The van der Waals surface area contributed by atoms with Crippen molar-refractivity contribution < 1.29 is 14.3 Å². The minimum Gasteiger partial charge on any atom is -0.466 e. The molecule has 0 radical (unpaired) electrons. The predicted octanol–water partition coefficient (Wildman–Crippen LogP) is 2.00. The maximum Gasteiger partial charge on any atom is 0.308 e. The van der Waals surface area contributed by atoms with Gasteiger partial charge in [0.25, 0.3) is 0 Å². The lowest BCUT2D eigenvalue weighted by atomic mass is 9.87. The first-order valence-corrected chi connectivity index (χ1v) is 10.5. The van der Waals surface area contributed by atoms with Gasteiger partial charge in [0.2, 0.25) is 0 Å². The highest BCUT2D eigenvalue weighted by molar-refractivity contribution is 5.72. The number of esters is 1. The molecule has 0 bridgehead atoms. The summed E-state index contributed by atoms with van der Waals surface area (Å²) in [6, 6.07) is 0. The summed E-state index contributed by atoms with van der Waals surface area (Å²) in [5.74, 6) is 0.822. The second-order valence-electron chi connectivity index (χ2n) is 8.51. The van der Waals surface area contributed by atoms with E-state index in [1.165, 1.54) is 12.8 Å². The molecule has 1 unspecified atom stereocenters. The van der Waals surface area contributed by atoms with Crippen molar-refractivity contribution in [3.63, 3.8) is 0 Å². The van der Waals surface area contributed by atoms with E-state index in [1.54, 1.807) is 0 Å². The van der Waals surface area contributed by atoms with Crippen molar-refractivity contribution >= 4 is 5.97 Å². The number of ether oxygens (including phenoxy) is 2. The van der Waals surface area contributed by atoms with Crippen LogP contribution in [-0.4, -0.2) is 86.6 Å². The number of hydrogen-bond donors (Lipinski definition) is 0. The van der Waals surface area contributed by atoms with E-state index in [4.69, 9.17) is 9.47 Å². The first kappa shape index (κ1) is 20.1. The average Bonchev–Trinajstić information content (AvgIpc) is 3.11. The highest BCUT2D eigenvalue weighted by Gasteiger charge is 2.39. The fourth-order valence-electron chi connectivity index (χ4n) is 4.65. The number of carbonyl (C=O) groups is 1. The van der Waals surface area contributed by atoms with E-state index in [1.807, 2.05) is 6.92 Å². The Morgan fingerprint density at radius 1 is 1.08 bits per heavy atom. The van der Waals surface area contributed by atoms with Gasteiger partial charge in [0.1, 0.15) is 0 Å². The van der Waals surface area contributed by atoms with Crippen LogP contribution in [0.2, 0.25) is 0 Å². The van der Waals surface area contributed by atoms with E-state index in [9.17, 15) is 4.79 Å². The van der Waals surface area contributed by atoms with Gasteiger partial charge in [-0.2, -0.15) is 0 Å². The molecular formula is C20H37N3O3. The van der Waals surface area contributed by atoms with E-state index >= 15 is 0 Å². The Labute approximate surface area is 158 Å². The van der Waals surface area contributed by atoms with Gasteiger partial charge in [-0.25, -0.2) is 0 Å². The van der Waals surface area contributed by atoms with Crippen LogP contribution in [0.5, 0.6) is 0 Å². The Kier molecular flexibility index (Phi) is 7.32. The van der Waals surface area contributed by atoms with Crippen molar-refractivity contribution in [2.75, 3.05) is 53.4 Å². The monoisotopic (exact) mass is 367 g/mol. The average molecular weight is 368 g/mol. The first-order valence-electron chi connectivity index (χ1n) is 10.5. The summed E-state index contributed by atoms with van der Waals surface area (Å²) in [6.07, 6.45) is 6.73. The molecule has 1 aliphatic carbocycles. The van der Waals surface area contributed by atoms with Crippen LogP contribution in [0.25, 0.3) is 0 Å². The van der Waals surface area contributed by atoms with Crippen molar-refractivity contribution in [1.29, 1.82) is 0 Å².